The van der Waals surface area contributed by atoms with Crippen molar-refractivity contribution in [2.45, 2.75) is 0 Å². The highest BCUT2D eigenvalue weighted by molar-refractivity contribution is 9.10. The van der Waals surface area contributed by atoms with E-state index < -0.39 is 17.4 Å². The summed E-state index contributed by atoms with van der Waals surface area (Å²) in [7, 11) is 0. The molecule has 0 aromatic heterocycles. The zero-order valence-electron chi connectivity index (χ0n) is 9.08. The SMILES string of the molecule is Nc1ccc(C(=O)c2cc(F)c(Br)cc2F)cc1. The maximum Gasteiger partial charge on any atom is 0.196 e. The highest BCUT2D eigenvalue weighted by Gasteiger charge is 2.16. The van der Waals surface area contributed by atoms with Crippen LogP contribution in [0.5, 0.6) is 0 Å². The van der Waals surface area contributed by atoms with Gasteiger partial charge in [0.05, 0.1) is 10.0 Å². The van der Waals surface area contributed by atoms with Crippen molar-refractivity contribution in [3.63, 3.8) is 0 Å². The molecule has 0 aliphatic heterocycles. The Morgan fingerprint density at radius 3 is 2.28 bits per heavy atom. The van der Waals surface area contributed by atoms with Crippen molar-refractivity contribution >= 4 is 27.4 Å². The molecule has 0 amide bonds. The molecule has 18 heavy (non-hydrogen) atoms. The lowest BCUT2D eigenvalue weighted by atomic mass is 10.0. The molecule has 2 aromatic rings. The van der Waals surface area contributed by atoms with Gasteiger partial charge in [0.25, 0.3) is 0 Å². The van der Waals surface area contributed by atoms with Gasteiger partial charge in [0.1, 0.15) is 11.6 Å². The van der Waals surface area contributed by atoms with Crippen molar-refractivity contribution in [2.75, 3.05) is 5.73 Å². The summed E-state index contributed by atoms with van der Waals surface area (Å²) in [5.41, 5.74) is 5.93. The number of nitrogen functional groups attached to an aromatic ring is 1. The lowest BCUT2D eigenvalue weighted by molar-refractivity contribution is 0.103. The van der Waals surface area contributed by atoms with Crippen LogP contribution >= 0.6 is 15.9 Å². The highest BCUT2D eigenvalue weighted by atomic mass is 79.9. The minimum absolute atomic E-state index is 0.0196. The summed E-state index contributed by atoms with van der Waals surface area (Å²) in [6, 6.07) is 7.80. The summed E-state index contributed by atoms with van der Waals surface area (Å²) in [5, 5.41) is 0. The third-order valence-corrected chi connectivity index (χ3v) is 3.04. The van der Waals surface area contributed by atoms with E-state index in [-0.39, 0.29) is 15.6 Å². The normalized spacial score (nSPS) is 10.4. The molecule has 5 heteroatoms. The second-order valence-electron chi connectivity index (χ2n) is 3.70. The Morgan fingerprint density at radius 2 is 1.67 bits per heavy atom. The van der Waals surface area contributed by atoms with Crippen molar-refractivity contribution in [1.29, 1.82) is 0 Å². The Hall–Kier alpha value is -1.75. The van der Waals surface area contributed by atoms with Crippen LogP contribution in [0.15, 0.2) is 40.9 Å². The van der Waals surface area contributed by atoms with Crippen molar-refractivity contribution in [3.05, 3.63) is 63.6 Å². The summed E-state index contributed by atoms with van der Waals surface area (Å²) >= 11 is 2.85. The second-order valence-corrected chi connectivity index (χ2v) is 4.55. The zero-order chi connectivity index (χ0) is 13.3. The Balaban J connectivity index is 2.46. The van der Waals surface area contributed by atoms with Gasteiger partial charge in [-0.1, -0.05) is 0 Å². The fourth-order valence-electron chi connectivity index (χ4n) is 1.49. The Morgan fingerprint density at radius 1 is 1.06 bits per heavy atom. The fourth-order valence-corrected chi connectivity index (χ4v) is 1.80. The van der Waals surface area contributed by atoms with Crippen molar-refractivity contribution in [3.8, 4) is 0 Å². The summed E-state index contributed by atoms with van der Waals surface area (Å²) in [4.78, 5) is 12.0. The van der Waals surface area contributed by atoms with E-state index in [1.807, 2.05) is 0 Å². The molecule has 2 rings (SSSR count). The maximum absolute atomic E-state index is 13.6. The predicted molar refractivity (Wildman–Crippen MR) is 68.3 cm³/mol. The summed E-state index contributed by atoms with van der Waals surface area (Å²) in [6.45, 7) is 0. The first-order chi connectivity index (χ1) is 8.49. The monoisotopic (exact) mass is 311 g/mol. The van der Waals surface area contributed by atoms with E-state index in [2.05, 4.69) is 15.9 Å². The molecular weight excluding hydrogens is 304 g/mol. The van der Waals surface area contributed by atoms with Gasteiger partial charge in [0.2, 0.25) is 0 Å². The largest absolute Gasteiger partial charge is 0.399 e. The van der Waals surface area contributed by atoms with Crippen molar-refractivity contribution < 1.29 is 13.6 Å². The minimum atomic E-state index is -0.773. The first-order valence-electron chi connectivity index (χ1n) is 5.04. The van der Waals surface area contributed by atoms with E-state index >= 15 is 0 Å². The summed E-state index contributed by atoms with van der Waals surface area (Å²) in [5.74, 6) is -2.04. The van der Waals surface area contributed by atoms with Crippen LogP contribution in [-0.4, -0.2) is 5.78 Å². The molecule has 0 saturated heterocycles. The number of hydrogen-bond acceptors (Lipinski definition) is 2. The number of carbonyl (C=O) groups is 1. The number of ketones is 1. The van der Waals surface area contributed by atoms with Gasteiger partial charge in [-0.2, -0.15) is 0 Å². The summed E-state index contributed by atoms with van der Waals surface area (Å²) < 4.78 is 26.9. The molecule has 0 saturated carbocycles. The molecule has 2 nitrogen and oxygen atoms in total. The van der Waals surface area contributed by atoms with Crippen LogP contribution in [0, 0.1) is 11.6 Å². The Kier molecular flexibility index (Phi) is 3.43. The molecular formula is C13H8BrF2NO. The Bertz CT molecular complexity index is 611. The van der Waals surface area contributed by atoms with Crippen LogP contribution in [0.25, 0.3) is 0 Å². The lowest BCUT2D eigenvalue weighted by Crippen LogP contribution is -2.05. The van der Waals surface area contributed by atoms with E-state index in [0.717, 1.165) is 12.1 Å². The molecule has 0 radical (unpaired) electrons. The molecule has 0 spiro atoms. The average molecular weight is 312 g/mol. The van der Waals surface area contributed by atoms with E-state index in [1.54, 1.807) is 0 Å². The number of nitrogens with two attached hydrogens (primary N) is 1. The van der Waals surface area contributed by atoms with Crippen LogP contribution in [0.3, 0.4) is 0 Å². The predicted octanol–water partition coefficient (Wildman–Crippen LogP) is 3.54. The van der Waals surface area contributed by atoms with Crippen LogP contribution in [0.1, 0.15) is 15.9 Å². The molecule has 0 unspecified atom stereocenters. The van der Waals surface area contributed by atoms with E-state index in [9.17, 15) is 13.6 Å². The number of hydrogen-bond donors (Lipinski definition) is 1. The number of anilines is 1. The molecule has 0 aliphatic rings. The van der Waals surface area contributed by atoms with Gasteiger partial charge in [-0.3, -0.25) is 4.79 Å². The zero-order valence-corrected chi connectivity index (χ0v) is 10.7. The maximum atomic E-state index is 13.6. The minimum Gasteiger partial charge on any atom is -0.399 e. The van der Waals surface area contributed by atoms with Crippen molar-refractivity contribution in [2.24, 2.45) is 0 Å². The quantitative estimate of drug-likeness (QED) is 0.523. The van der Waals surface area contributed by atoms with Gasteiger partial charge in [-0.05, 0) is 52.3 Å². The molecule has 0 aliphatic carbocycles. The van der Waals surface area contributed by atoms with Gasteiger partial charge in [0, 0.05) is 11.3 Å². The highest BCUT2D eigenvalue weighted by Crippen LogP contribution is 2.22. The van der Waals surface area contributed by atoms with Crippen LogP contribution in [-0.2, 0) is 0 Å². The molecule has 92 valence electrons. The third kappa shape index (κ3) is 2.41. The summed E-state index contributed by atoms with van der Waals surface area (Å²) in [6.07, 6.45) is 0. The van der Waals surface area contributed by atoms with Gasteiger partial charge in [0.15, 0.2) is 5.78 Å². The van der Waals surface area contributed by atoms with Crippen molar-refractivity contribution in [1.82, 2.24) is 0 Å². The number of carbonyl (C=O) groups excluding carboxylic acids is 1. The smallest absolute Gasteiger partial charge is 0.196 e. The van der Waals surface area contributed by atoms with E-state index in [1.165, 1.54) is 24.3 Å². The topological polar surface area (TPSA) is 43.1 Å². The van der Waals surface area contributed by atoms with Gasteiger partial charge in [-0.15, -0.1) is 0 Å². The third-order valence-electron chi connectivity index (χ3n) is 2.43. The molecule has 0 atom stereocenters. The van der Waals surface area contributed by atoms with E-state index in [0.29, 0.717) is 5.69 Å². The number of rotatable bonds is 2. The second kappa shape index (κ2) is 4.86. The molecule has 2 aromatic carbocycles. The van der Waals surface area contributed by atoms with Crippen LogP contribution < -0.4 is 5.73 Å². The molecule has 0 bridgehead atoms. The Labute approximate surface area is 111 Å². The van der Waals surface area contributed by atoms with Crippen LogP contribution in [0.2, 0.25) is 0 Å². The molecule has 0 heterocycles. The first-order valence-corrected chi connectivity index (χ1v) is 5.83. The van der Waals surface area contributed by atoms with Gasteiger partial charge < -0.3 is 5.73 Å². The standard InChI is InChI=1S/C13H8BrF2NO/c14-10-6-11(15)9(5-12(10)16)13(18)7-1-3-8(17)4-2-7/h1-6H,17H2. The lowest BCUT2D eigenvalue weighted by Gasteiger charge is -2.04. The average Bonchev–Trinajstić information content (AvgIpc) is 2.34. The van der Waals surface area contributed by atoms with E-state index in [4.69, 9.17) is 5.73 Å². The van der Waals surface area contributed by atoms with Gasteiger partial charge in [-0.25, -0.2) is 8.78 Å². The number of benzene rings is 2. The molecule has 0 fully saturated rings. The fraction of sp³-hybridized carbons (Fsp3) is 0. The van der Waals surface area contributed by atoms with Gasteiger partial charge >= 0.3 is 0 Å². The number of halogens is 3. The molecule has 2 N–H and O–H groups in total. The first kappa shape index (κ1) is 12.7. The van der Waals surface area contributed by atoms with Crippen LogP contribution in [0.4, 0.5) is 14.5 Å².